The monoisotopic (exact) mass is 233 g/mol. The van der Waals surface area contributed by atoms with Gasteiger partial charge in [-0.2, -0.15) is 5.10 Å². The van der Waals surface area contributed by atoms with Crippen molar-refractivity contribution in [1.82, 2.24) is 5.01 Å². The molecule has 0 amide bonds. The van der Waals surface area contributed by atoms with Crippen LogP contribution in [0, 0.1) is 0 Å². The number of fused-ring (bicyclic) bond motifs is 1. The minimum absolute atomic E-state index is 0.0694. The van der Waals surface area contributed by atoms with E-state index in [0.717, 1.165) is 17.9 Å². The minimum atomic E-state index is -3.22. The highest BCUT2D eigenvalue weighted by atomic mass is 32.2. The van der Waals surface area contributed by atoms with E-state index in [-0.39, 0.29) is 5.75 Å². The van der Waals surface area contributed by atoms with Crippen molar-refractivity contribution in [2.45, 2.75) is 19.8 Å². The summed E-state index contributed by atoms with van der Waals surface area (Å²) in [6.45, 7) is 2.50. The van der Waals surface area contributed by atoms with E-state index >= 15 is 0 Å². The molecule has 0 spiro atoms. The van der Waals surface area contributed by atoms with Crippen LogP contribution in [0.1, 0.15) is 19.8 Å². The molecule has 2 aliphatic rings. The van der Waals surface area contributed by atoms with Gasteiger partial charge in [-0.25, -0.2) is 13.4 Å². The highest BCUT2D eigenvalue weighted by Crippen LogP contribution is 2.26. The lowest BCUT2D eigenvalue weighted by Crippen LogP contribution is -2.31. The van der Waals surface area contributed by atoms with Crippen LogP contribution in [0.2, 0.25) is 0 Å². The molecule has 0 N–H and O–H groups in total. The Morgan fingerprint density at radius 3 is 3.07 bits per heavy atom. The number of hydrogen-bond donors (Lipinski definition) is 0. The summed E-state index contributed by atoms with van der Waals surface area (Å²) in [5.74, 6) is 0.0694. The summed E-state index contributed by atoms with van der Waals surface area (Å²) in [4.78, 5) is 0. The van der Waals surface area contributed by atoms with E-state index < -0.39 is 10.0 Å². The van der Waals surface area contributed by atoms with E-state index in [9.17, 15) is 8.42 Å². The first kappa shape index (κ1) is 9.97. The molecule has 0 radical (unpaired) electrons. The number of thioether (sulfide) groups is 1. The van der Waals surface area contributed by atoms with Gasteiger partial charge in [-0.05, 0) is 24.6 Å². The maximum absolute atomic E-state index is 11.2. The average molecular weight is 233 g/mol. The average Bonchev–Trinajstić information content (AvgIpc) is 2.45. The molecule has 2 aliphatic heterocycles. The van der Waals surface area contributed by atoms with Gasteiger partial charge in [0, 0.05) is 0 Å². The lowest BCUT2D eigenvalue weighted by atomic mass is 10.4. The predicted molar refractivity (Wildman–Crippen MR) is 57.9 cm³/mol. The fourth-order valence-corrected chi connectivity index (χ4v) is 3.46. The molecule has 2 heterocycles. The second-order valence-electron chi connectivity index (χ2n) is 3.13. The summed E-state index contributed by atoms with van der Waals surface area (Å²) >= 11 is 1.37. The number of hydrogen-bond acceptors (Lipinski definition) is 5. The van der Waals surface area contributed by atoms with E-state index in [1.807, 2.05) is 0 Å². The molecule has 0 aromatic heterocycles. The quantitative estimate of drug-likeness (QED) is 0.709. The summed E-state index contributed by atoms with van der Waals surface area (Å²) in [6, 6.07) is 0. The van der Waals surface area contributed by atoms with Crippen molar-refractivity contribution in [3.05, 3.63) is 0 Å². The van der Waals surface area contributed by atoms with E-state index in [2.05, 4.69) is 16.4 Å². The van der Waals surface area contributed by atoms with E-state index in [4.69, 9.17) is 0 Å². The van der Waals surface area contributed by atoms with Gasteiger partial charge in [-0.15, -0.1) is 4.40 Å². The van der Waals surface area contributed by atoms with Crippen LogP contribution in [0.15, 0.2) is 9.50 Å². The number of rotatable bonds is 2. The van der Waals surface area contributed by atoms with E-state index in [0.29, 0.717) is 11.7 Å². The van der Waals surface area contributed by atoms with Crippen LogP contribution in [-0.4, -0.2) is 35.9 Å². The van der Waals surface area contributed by atoms with Crippen molar-refractivity contribution in [2.75, 3.05) is 12.3 Å². The van der Waals surface area contributed by atoms with Gasteiger partial charge in [0.15, 0.2) is 0 Å². The largest absolute Gasteiger partial charge is 0.257 e. The molecule has 0 fully saturated rings. The first-order chi connectivity index (χ1) is 6.61. The standard InChI is InChI=1S/C7H11N3O2S2/c1-2-3-6-8-10-4-5-14(11,12)9-7(10)13-6/h2-5H2,1H3. The molecule has 0 aromatic rings. The van der Waals surface area contributed by atoms with Gasteiger partial charge in [-0.1, -0.05) is 6.92 Å². The zero-order chi connectivity index (χ0) is 10.2. The highest BCUT2D eigenvalue weighted by molar-refractivity contribution is 8.27. The number of hydrazone groups is 1. The van der Waals surface area contributed by atoms with Crippen LogP contribution in [0.5, 0.6) is 0 Å². The molecule has 78 valence electrons. The highest BCUT2D eigenvalue weighted by Gasteiger charge is 2.30. The summed E-state index contributed by atoms with van der Waals surface area (Å²) in [7, 11) is -3.22. The maximum Gasteiger partial charge on any atom is 0.257 e. The van der Waals surface area contributed by atoms with Crippen molar-refractivity contribution in [3.63, 3.8) is 0 Å². The van der Waals surface area contributed by atoms with E-state index in [1.54, 1.807) is 5.01 Å². The minimum Gasteiger partial charge on any atom is -0.240 e. The molecule has 0 atom stereocenters. The van der Waals surface area contributed by atoms with Gasteiger partial charge in [0.25, 0.3) is 10.0 Å². The molecular weight excluding hydrogens is 222 g/mol. The van der Waals surface area contributed by atoms with Gasteiger partial charge in [0.05, 0.1) is 12.3 Å². The van der Waals surface area contributed by atoms with Gasteiger partial charge < -0.3 is 0 Å². The molecule has 7 heteroatoms. The molecular formula is C7H11N3O2S2. The summed E-state index contributed by atoms with van der Waals surface area (Å²) in [6.07, 6.45) is 1.90. The zero-order valence-corrected chi connectivity index (χ0v) is 9.44. The van der Waals surface area contributed by atoms with Crippen LogP contribution < -0.4 is 0 Å². The van der Waals surface area contributed by atoms with Crippen molar-refractivity contribution in [1.29, 1.82) is 0 Å². The Labute approximate surface area is 87.3 Å². The topological polar surface area (TPSA) is 62.1 Å². The summed E-state index contributed by atoms with van der Waals surface area (Å²) in [5, 5.41) is 7.44. The third-order valence-electron chi connectivity index (χ3n) is 1.90. The number of sulfonamides is 1. The smallest absolute Gasteiger partial charge is 0.240 e. The SMILES string of the molecule is CCCC1=NN2CCS(=O)(=O)N=C2S1. The molecule has 2 rings (SSSR count). The van der Waals surface area contributed by atoms with Crippen molar-refractivity contribution >= 4 is 32.0 Å². The Morgan fingerprint density at radius 2 is 2.36 bits per heavy atom. The van der Waals surface area contributed by atoms with Crippen molar-refractivity contribution in [3.8, 4) is 0 Å². The molecule has 0 unspecified atom stereocenters. The Hall–Kier alpha value is -0.560. The van der Waals surface area contributed by atoms with Crippen LogP contribution in [0.25, 0.3) is 0 Å². The van der Waals surface area contributed by atoms with Crippen LogP contribution in [0.4, 0.5) is 0 Å². The molecule has 0 bridgehead atoms. The van der Waals surface area contributed by atoms with Crippen molar-refractivity contribution in [2.24, 2.45) is 9.50 Å². The molecule has 5 nitrogen and oxygen atoms in total. The summed E-state index contributed by atoms with van der Waals surface area (Å²) < 4.78 is 26.0. The normalized spacial score (nSPS) is 24.2. The fourth-order valence-electron chi connectivity index (χ4n) is 1.25. The molecule has 0 saturated carbocycles. The third kappa shape index (κ3) is 1.93. The Kier molecular flexibility index (Phi) is 2.52. The van der Waals surface area contributed by atoms with Gasteiger partial charge in [0.1, 0.15) is 5.04 Å². The molecule has 14 heavy (non-hydrogen) atoms. The molecule has 0 saturated heterocycles. The Morgan fingerprint density at radius 1 is 1.57 bits per heavy atom. The Bertz CT molecular complexity index is 399. The lowest BCUT2D eigenvalue weighted by molar-refractivity contribution is 0.472. The molecule has 0 aromatic carbocycles. The van der Waals surface area contributed by atoms with Crippen LogP contribution in [0.3, 0.4) is 0 Å². The lowest BCUT2D eigenvalue weighted by Gasteiger charge is -2.17. The number of amidine groups is 1. The number of nitrogens with zero attached hydrogens (tertiary/aromatic N) is 3. The summed E-state index contributed by atoms with van der Waals surface area (Å²) in [5.41, 5.74) is 0. The maximum atomic E-state index is 11.2. The Balaban J connectivity index is 2.20. The first-order valence-electron chi connectivity index (χ1n) is 4.46. The van der Waals surface area contributed by atoms with Crippen LogP contribution in [-0.2, 0) is 10.0 Å². The van der Waals surface area contributed by atoms with Gasteiger partial charge in [0.2, 0.25) is 5.17 Å². The first-order valence-corrected chi connectivity index (χ1v) is 6.89. The van der Waals surface area contributed by atoms with E-state index in [1.165, 1.54) is 11.8 Å². The van der Waals surface area contributed by atoms with Crippen LogP contribution >= 0.6 is 11.8 Å². The van der Waals surface area contributed by atoms with Gasteiger partial charge in [-0.3, -0.25) is 0 Å². The third-order valence-corrected chi connectivity index (χ3v) is 4.18. The fraction of sp³-hybridized carbons (Fsp3) is 0.714. The van der Waals surface area contributed by atoms with Gasteiger partial charge >= 0.3 is 0 Å². The predicted octanol–water partition coefficient (Wildman–Crippen LogP) is 0.848. The second kappa shape index (κ2) is 3.54. The zero-order valence-electron chi connectivity index (χ0n) is 7.80. The molecule has 0 aliphatic carbocycles. The van der Waals surface area contributed by atoms with Crippen molar-refractivity contribution < 1.29 is 8.42 Å². The second-order valence-corrected chi connectivity index (χ2v) is 5.92.